The van der Waals surface area contributed by atoms with Gasteiger partial charge < -0.3 is 18.6 Å². The lowest BCUT2D eigenvalue weighted by Gasteiger charge is -2.27. The van der Waals surface area contributed by atoms with E-state index in [2.05, 4.69) is 228 Å². The number of rotatable bonds is 8. The van der Waals surface area contributed by atoms with Crippen molar-refractivity contribution in [3.05, 3.63) is 243 Å². The van der Waals surface area contributed by atoms with Crippen molar-refractivity contribution in [1.82, 2.24) is 0 Å². The summed E-state index contributed by atoms with van der Waals surface area (Å²) in [5.74, 6) is 0. The third kappa shape index (κ3) is 6.38. The smallest absolute Gasteiger partial charge is 0.135 e. The van der Waals surface area contributed by atoms with Gasteiger partial charge in [-0.05, 0) is 118 Å². The minimum atomic E-state index is 0.882. The standard InChI is InChI=1S/C62H40N2O2/c1-3-15-51-45(11-1)13-9-19-57(51)63(49-35-37-61-55(39-49)53-17-5-7-21-59(53)65-61)47-31-27-43(28-32-47)41-23-25-42(26-24-41)44-29-33-48(34-30-44)64(58-20-10-14-46-12-2-4-16-52(46)58)50-36-38-62-56(40-50)54-18-6-8-22-60(54)66-62/h1-40H. The number of nitrogens with zero attached hydrogens (tertiary/aromatic N) is 2. The molecule has 310 valence electrons. The van der Waals surface area contributed by atoms with Crippen LogP contribution in [-0.2, 0) is 0 Å². The van der Waals surface area contributed by atoms with Crippen LogP contribution in [0.4, 0.5) is 34.1 Å². The quantitative estimate of drug-likeness (QED) is 0.153. The SMILES string of the molecule is c1ccc2c(N(c3ccc(-c4ccc(-c5ccc(N(c6ccc7oc8ccccc8c7c6)c6cccc7ccccc67)cc5)cc4)cc3)c3ccc4oc5ccccc5c4c3)cccc2c1. The molecule has 0 saturated heterocycles. The molecule has 13 aromatic rings. The number of para-hydroxylation sites is 2. The first-order valence-corrected chi connectivity index (χ1v) is 22.4. The molecule has 11 aromatic carbocycles. The molecule has 13 rings (SSSR count). The number of furan rings is 2. The predicted molar refractivity (Wildman–Crippen MR) is 276 cm³/mol. The lowest BCUT2D eigenvalue weighted by molar-refractivity contribution is 0.668. The second-order valence-corrected chi connectivity index (χ2v) is 16.9. The third-order valence-corrected chi connectivity index (χ3v) is 13.1. The molecule has 0 aliphatic carbocycles. The van der Waals surface area contributed by atoms with Gasteiger partial charge in [0.05, 0.1) is 11.4 Å². The highest BCUT2D eigenvalue weighted by Crippen LogP contribution is 2.44. The van der Waals surface area contributed by atoms with Gasteiger partial charge in [-0.25, -0.2) is 0 Å². The number of fused-ring (bicyclic) bond motifs is 8. The Hall–Kier alpha value is -8.86. The van der Waals surface area contributed by atoms with Crippen molar-refractivity contribution in [2.45, 2.75) is 0 Å². The maximum Gasteiger partial charge on any atom is 0.135 e. The van der Waals surface area contributed by atoms with Gasteiger partial charge in [-0.2, -0.15) is 0 Å². The summed E-state index contributed by atoms with van der Waals surface area (Å²) < 4.78 is 12.5. The largest absolute Gasteiger partial charge is 0.456 e. The van der Waals surface area contributed by atoms with E-state index in [1.54, 1.807) is 0 Å². The van der Waals surface area contributed by atoms with E-state index in [0.717, 1.165) is 100 Å². The normalized spacial score (nSPS) is 11.6. The Balaban J connectivity index is 0.830. The lowest BCUT2D eigenvalue weighted by atomic mass is 9.99. The molecule has 66 heavy (non-hydrogen) atoms. The number of hydrogen-bond acceptors (Lipinski definition) is 4. The summed E-state index contributed by atoms with van der Waals surface area (Å²) in [6.07, 6.45) is 0. The summed E-state index contributed by atoms with van der Waals surface area (Å²) in [6, 6.07) is 86.6. The molecule has 4 nitrogen and oxygen atoms in total. The third-order valence-electron chi connectivity index (χ3n) is 13.1. The second kappa shape index (κ2) is 15.4. The Kier molecular flexibility index (Phi) is 8.81. The Morgan fingerprint density at radius 2 is 0.545 bits per heavy atom. The van der Waals surface area contributed by atoms with Crippen LogP contribution in [0.15, 0.2) is 251 Å². The minimum Gasteiger partial charge on any atom is -0.456 e. The molecule has 0 radical (unpaired) electrons. The molecule has 0 aliphatic rings. The predicted octanol–water partition coefficient (Wildman–Crippen LogP) is 18.1. The molecule has 0 unspecified atom stereocenters. The number of benzene rings is 11. The van der Waals surface area contributed by atoms with Crippen LogP contribution in [-0.4, -0.2) is 0 Å². The molecule has 2 aromatic heterocycles. The van der Waals surface area contributed by atoms with Crippen LogP contribution >= 0.6 is 0 Å². The van der Waals surface area contributed by atoms with Gasteiger partial charge in [0.1, 0.15) is 22.3 Å². The van der Waals surface area contributed by atoms with Crippen molar-refractivity contribution < 1.29 is 8.83 Å². The Bertz CT molecular complexity index is 3670. The zero-order valence-electron chi connectivity index (χ0n) is 35.8. The first kappa shape index (κ1) is 37.7. The fourth-order valence-corrected chi connectivity index (χ4v) is 9.83. The van der Waals surface area contributed by atoms with E-state index < -0.39 is 0 Å². The van der Waals surface area contributed by atoms with E-state index in [9.17, 15) is 0 Å². The van der Waals surface area contributed by atoms with Crippen LogP contribution in [0.1, 0.15) is 0 Å². The molecular formula is C62H40N2O2. The van der Waals surface area contributed by atoms with E-state index >= 15 is 0 Å². The zero-order chi connectivity index (χ0) is 43.6. The van der Waals surface area contributed by atoms with Gasteiger partial charge in [-0.3, -0.25) is 0 Å². The van der Waals surface area contributed by atoms with E-state index in [4.69, 9.17) is 8.83 Å². The first-order chi connectivity index (χ1) is 32.7. The highest BCUT2D eigenvalue weighted by atomic mass is 16.3. The van der Waals surface area contributed by atoms with Crippen molar-refractivity contribution in [2.24, 2.45) is 0 Å². The van der Waals surface area contributed by atoms with Gasteiger partial charge in [-0.15, -0.1) is 0 Å². The monoisotopic (exact) mass is 844 g/mol. The van der Waals surface area contributed by atoms with Gasteiger partial charge in [0.2, 0.25) is 0 Å². The molecule has 0 spiro atoms. The van der Waals surface area contributed by atoms with Crippen LogP contribution in [0.2, 0.25) is 0 Å². The van der Waals surface area contributed by atoms with Gasteiger partial charge in [0.15, 0.2) is 0 Å². The summed E-state index contributed by atoms with van der Waals surface area (Å²) in [5, 5.41) is 9.20. The van der Waals surface area contributed by atoms with Gasteiger partial charge in [0, 0.05) is 55.1 Å². The second-order valence-electron chi connectivity index (χ2n) is 16.9. The molecule has 0 aliphatic heterocycles. The number of anilines is 6. The van der Waals surface area contributed by atoms with Crippen LogP contribution in [0.5, 0.6) is 0 Å². The van der Waals surface area contributed by atoms with Crippen LogP contribution in [0.3, 0.4) is 0 Å². The Labute approximate surface area is 381 Å². The Morgan fingerprint density at radius 1 is 0.227 bits per heavy atom. The average Bonchev–Trinajstić information content (AvgIpc) is 3.95. The lowest BCUT2D eigenvalue weighted by Crippen LogP contribution is -2.10. The maximum absolute atomic E-state index is 6.23. The topological polar surface area (TPSA) is 32.8 Å². The molecule has 0 N–H and O–H groups in total. The molecule has 0 saturated carbocycles. The van der Waals surface area contributed by atoms with Gasteiger partial charge in [-0.1, -0.05) is 158 Å². The average molecular weight is 845 g/mol. The summed E-state index contributed by atoms with van der Waals surface area (Å²) in [5.41, 5.74) is 14.7. The minimum absolute atomic E-state index is 0.882. The van der Waals surface area contributed by atoms with Gasteiger partial charge >= 0.3 is 0 Å². The maximum atomic E-state index is 6.23. The van der Waals surface area contributed by atoms with E-state index in [1.807, 2.05) is 24.3 Å². The van der Waals surface area contributed by atoms with Crippen molar-refractivity contribution in [3.8, 4) is 22.3 Å². The van der Waals surface area contributed by atoms with Gasteiger partial charge in [0.25, 0.3) is 0 Å². The van der Waals surface area contributed by atoms with Crippen molar-refractivity contribution >= 4 is 99.5 Å². The van der Waals surface area contributed by atoms with E-state index in [1.165, 1.54) is 21.5 Å². The highest BCUT2D eigenvalue weighted by Gasteiger charge is 2.20. The molecule has 4 heteroatoms. The van der Waals surface area contributed by atoms with Crippen LogP contribution in [0, 0.1) is 0 Å². The highest BCUT2D eigenvalue weighted by molar-refractivity contribution is 6.09. The molecule has 0 amide bonds. The summed E-state index contributed by atoms with van der Waals surface area (Å²) >= 11 is 0. The van der Waals surface area contributed by atoms with Crippen molar-refractivity contribution in [2.75, 3.05) is 9.80 Å². The molecule has 0 atom stereocenters. The van der Waals surface area contributed by atoms with E-state index in [-0.39, 0.29) is 0 Å². The van der Waals surface area contributed by atoms with Crippen LogP contribution in [0.25, 0.3) is 87.7 Å². The molecular weight excluding hydrogens is 805 g/mol. The van der Waals surface area contributed by atoms with E-state index in [0.29, 0.717) is 0 Å². The summed E-state index contributed by atoms with van der Waals surface area (Å²) in [6.45, 7) is 0. The fourth-order valence-electron chi connectivity index (χ4n) is 9.83. The van der Waals surface area contributed by atoms with Crippen molar-refractivity contribution in [3.63, 3.8) is 0 Å². The fraction of sp³-hybridized carbons (Fsp3) is 0. The zero-order valence-corrected chi connectivity index (χ0v) is 35.8. The molecule has 2 heterocycles. The van der Waals surface area contributed by atoms with Crippen molar-refractivity contribution in [1.29, 1.82) is 0 Å². The Morgan fingerprint density at radius 3 is 0.970 bits per heavy atom. The molecule has 0 fully saturated rings. The van der Waals surface area contributed by atoms with Crippen LogP contribution < -0.4 is 9.80 Å². The first-order valence-electron chi connectivity index (χ1n) is 22.4. The molecule has 0 bridgehead atoms. The summed E-state index contributed by atoms with van der Waals surface area (Å²) in [4.78, 5) is 4.72. The summed E-state index contributed by atoms with van der Waals surface area (Å²) in [7, 11) is 0. The number of hydrogen-bond donors (Lipinski definition) is 0.